The van der Waals surface area contributed by atoms with Gasteiger partial charge in [-0.25, -0.2) is 0 Å². The first-order valence-corrected chi connectivity index (χ1v) is 4.37. The van der Waals surface area contributed by atoms with Crippen LogP contribution in [0.15, 0.2) is 0 Å². The molecule has 0 radical (unpaired) electrons. The van der Waals surface area contributed by atoms with Gasteiger partial charge in [-0.2, -0.15) is 0 Å². The summed E-state index contributed by atoms with van der Waals surface area (Å²) in [6.45, 7) is 7.04. The summed E-state index contributed by atoms with van der Waals surface area (Å²) in [6, 6.07) is 0. The largest absolute Gasteiger partial charge is 0.462 e. The number of aliphatic hydroxyl groups excluding tert-OH is 1. The Morgan fingerprint density at radius 1 is 1.42 bits per heavy atom. The summed E-state index contributed by atoms with van der Waals surface area (Å²) in [5, 5.41) is 9.08. The molecular weight excluding hydrogens is 156 g/mol. The SMILES string of the molecule is CCC(C)OC(=O)[C@@H](C)[C@H](C)O. The zero-order valence-corrected chi connectivity index (χ0v) is 8.20. The quantitative estimate of drug-likeness (QED) is 0.654. The lowest BCUT2D eigenvalue weighted by Gasteiger charge is -2.16. The number of rotatable bonds is 4. The molecule has 72 valence electrons. The van der Waals surface area contributed by atoms with Gasteiger partial charge in [0.25, 0.3) is 0 Å². The van der Waals surface area contributed by atoms with Crippen molar-refractivity contribution in [1.82, 2.24) is 0 Å². The second kappa shape index (κ2) is 5.14. The molecule has 3 heteroatoms. The smallest absolute Gasteiger partial charge is 0.311 e. The molecule has 1 unspecified atom stereocenters. The number of aliphatic hydroxyl groups is 1. The monoisotopic (exact) mass is 174 g/mol. The fourth-order valence-corrected chi connectivity index (χ4v) is 0.586. The van der Waals surface area contributed by atoms with Crippen molar-refractivity contribution in [3.63, 3.8) is 0 Å². The predicted molar refractivity (Wildman–Crippen MR) is 46.7 cm³/mol. The molecular formula is C9H18O3. The fraction of sp³-hybridized carbons (Fsp3) is 0.889. The average molecular weight is 174 g/mol. The number of carbonyl (C=O) groups excluding carboxylic acids is 1. The Balaban J connectivity index is 3.87. The maximum absolute atomic E-state index is 11.2. The average Bonchev–Trinajstić information content (AvgIpc) is 2.02. The third-order valence-electron chi connectivity index (χ3n) is 1.99. The molecule has 0 spiro atoms. The Morgan fingerprint density at radius 2 is 1.92 bits per heavy atom. The molecule has 0 saturated carbocycles. The Hall–Kier alpha value is -0.570. The molecule has 0 fully saturated rings. The molecule has 1 N–H and O–H groups in total. The molecule has 0 aliphatic heterocycles. The molecule has 3 nitrogen and oxygen atoms in total. The molecule has 12 heavy (non-hydrogen) atoms. The van der Waals surface area contributed by atoms with E-state index in [2.05, 4.69) is 0 Å². The van der Waals surface area contributed by atoms with E-state index in [1.165, 1.54) is 0 Å². The molecule has 0 aliphatic carbocycles. The van der Waals surface area contributed by atoms with Crippen LogP contribution in [0, 0.1) is 5.92 Å². The van der Waals surface area contributed by atoms with Crippen molar-refractivity contribution in [3.05, 3.63) is 0 Å². The second-order valence-corrected chi connectivity index (χ2v) is 3.19. The van der Waals surface area contributed by atoms with Crippen molar-refractivity contribution in [2.75, 3.05) is 0 Å². The number of hydrogen-bond acceptors (Lipinski definition) is 3. The summed E-state index contributed by atoms with van der Waals surface area (Å²) < 4.78 is 5.02. The highest BCUT2D eigenvalue weighted by molar-refractivity contribution is 5.72. The summed E-state index contributed by atoms with van der Waals surface area (Å²) in [6.07, 6.45) is 0.110. The van der Waals surface area contributed by atoms with E-state index in [4.69, 9.17) is 9.84 Å². The van der Waals surface area contributed by atoms with Gasteiger partial charge in [-0.1, -0.05) is 6.92 Å². The zero-order chi connectivity index (χ0) is 9.72. The van der Waals surface area contributed by atoms with Crippen LogP contribution < -0.4 is 0 Å². The van der Waals surface area contributed by atoms with Gasteiger partial charge in [0.05, 0.1) is 18.1 Å². The van der Waals surface area contributed by atoms with E-state index < -0.39 is 12.0 Å². The van der Waals surface area contributed by atoms with Gasteiger partial charge in [-0.05, 0) is 27.2 Å². The Kier molecular flexibility index (Phi) is 4.90. The van der Waals surface area contributed by atoms with Crippen LogP contribution >= 0.6 is 0 Å². The van der Waals surface area contributed by atoms with Crippen molar-refractivity contribution in [1.29, 1.82) is 0 Å². The van der Waals surface area contributed by atoms with E-state index in [0.717, 1.165) is 6.42 Å². The molecule has 0 amide bonds. The number of esters is 1. The van der Waals surface area contributed by atoms with Gasteiger partial charge in [0, 0.05) is 0 Å². The van der Waals surface area contributed by atoms with Gasteiger partial charge in [-0.3, -0.25) is 4.79 Å². The minimum Gasteiger partial charge on any atom is -0.462 e. The maximum Gasteiger partial charge on any atom is 0.311 e. The van der Waals surface area contributed by atoms with E-state index in [1.807, 2.05) is 13.8 Å². The maximum atomic E-state index is 11.2. The van der Waals surface area contributed by atoms with Gasteiger partial charge in [0.1, 0.15) is 0 Å². The van der Waals surface area contributed by atoms with Gasteiger partial charge < -0.3 is 9.84 Å². The zero-order valence-electron chi connectivity index (χ0n) is 8.20. The number of carbonyl (C=O) groups is 1. The van der Waals surface area contributed by atoms with Gasteiger partial charge in [0.15, 0.2) is 0 Å². The Bertz CT molecular complexity index is 143. The van der Waals surface area contributed by atoms with Crippen molar-refractivity contribution >= 4 is 5.97 Å². The van der Waals surface area contributed by atoms with E-state index in [9.17, 15) is 4.79 Å². The molecule has 0 saturated heterocycles. The van der Waals surface area contributed by atoms with Crippen LogP contribution in [0.1, 0.15) is 34.1 Å². The highest BCUT2D eigenvalue weighted by Gasteiger charge is 2.20. The normalized spacial score (nSPS) is 18.1. The van der Waals surface area contributed by atoms with Gasteiger partial charge in [0.2, 0.25) is 0 Å². The molecule has 0 heterocycles. The Labute approximate surface area is 73.7 Å². The lowest BCUT2D eigenvalue weighted by Crippen LogP contribution is -2.27. The minimum atomic E-state index is -0.637. The van der Waals surface area contributed by atoms with Crippen LogP contribution in [-0.4, -0.2) is 23.3 Å². The lowest BCUT2D eigenvalue weighted by atomic mass is 10.1. The summed E-state index contributed by atoms with van der Waals surface area (Å²) in [5.41, 5.74) is 0. The summed E-state index contributed by atoms with van der Waals surface area (Å²) >= 11 is 0. The number of hydrogen-bond donors (Lipinski definition) is 1. The highest BCUT2D eigenvalue weighted by atomic mass is 16.5. The first kappa shape index (κ1) is 11.4. The molecule has 0 aromatic heterocycles. The van der Waals surface area contributed by atoms with Gasteiger partial charge in [-0.15, -0.1) is 0 Å². The second-order valence-electron chi connectivity index (χ2n) is 3.19. The van der Waals surface area contributed by atoms with Crippen LogP contribution in [-0.2, 0) is 9.53 Å². The Morgan fingerprint density at radius 3 is 2.25 bits per heavy atom. The van der Waals surface area contributed by atoms with Crippen LogP contribution in [0.2, 0.25) is 0 Å². The van der Waals surface area contributed by atoms with Crippen molar-refractivity contribution in [3.8, 4) is 0 Å². The molecule has 0 aromatic rings. The van der Waals surface area contributed by atoms with E-state index in [0.29, 0.717) is 0 Å². The highest BCUT2D eigenvalue weighted by Crippen LogP contribution is 2.07. The summed E-state index contributed by atoms with van der Waals surface area (Å²) in [5.74, 6) is -0.752. The summed E-state index contributed by atoms with van der Waals surface area (Å²) in [7, 11) is 0. The first-order valence-electron chi connectivity index (χ1n) is 4.37. The molecule has 0 aliphatic rings. The van der Waals surface area contributed by atoms with Crippen LogP contribution in [0.4, 0.5) is 0 Å². The van der Waals surface area contributed by atoms with Crippen LogP contribution in [0.25, 0.3) is 0 Å². The van der Waals surface area contributed by atoms with Crippen molar-refractivity contribution in [2.45, 2.75) is 46.3 Å². The third-order valence-corrected chi connectivity index (χ3v) is 1.99. The topological polar surface area (TPSA) is 46.5 Å². The molecule has 0 aromatic carbocycles. The van der Waals surface area contributed by atoms with Gasteiger partial charge >= 0.3 is 5.97 Å². The van der Waals surface area contributed by atoms with E-state index >= 15 is 0 Å². The van der Waals surface area contributed by atoms with E-state index in [1.54, 1.807) is 13.8 Å². The fourth-order valence-electron chi connectivity index (χ4n) is 0.586. The predicted octanol–water partition coefficient (Wildman–Crippen LogP) is 1.34. The van der Waals surface area contributed by atoms with Crippen molar-refractivity contribution < 1.29 is 14.6 Å². The van der Waals surface area contributed by atoms with E-state index in [-0.39, 0.29) is 12.1 Å². The molecule has 0 bridgehead atoms. The molecule has 3 atom stereocenters. The standard InChI is InChI=1S/C9H18O3/c1-5-6(2)12-9(11)7(3)8(4)10/h6-8,10H,5H2,1-4H3/t6?,7-,8-/m0/s1. The van der Waals surface area contributed by atoms with Crippen molar-refractivity contribution in [2.24, 2.45) is 5.92 Å². The number of ether oxygens (including phenoxy) is 1. The molecule has 0 rings (SSSR count). The minimum absolute atomic E-state index is 0.0568. The third kappa shape index (κ3) is 3.72. The van der Waals surface area contributed by atoms with Crippen LogP contribution in [0.3, 0.4) is 0 Å². The lowest BCUT2D eigenvalue weighted by molar-refractivity contribution is -0.156. The van der Waals surface area contributed by atoms with Crippen LogP contribution in [0.5, 0.6) is 0 Å². The summed E-state index contributed by atoms with van der Waals surface area (Å²) in [4.78, 5) is 11.2. The first-order chi connectivity index (χ1) is 5.49.